The van der Waals surface area contributed by atoms with Crippen molar-refractivity contribution in [3.05, 3.63) is 11.6 Å². The summed E-state index contributed by atoms with van der Waals surface area (Å²) in [4.78, 5) is 43.3. The second-order valence-corrected chi connectivity index (χ2v) is 10.6. The Kier molecular flexibility index (Phi) is 10.5. The van der Waals surface area contributed by atoms with E-state index in [0.717, 1.165) is 58.2 Å². The SMILES string of the molecule is CCCCON(C=O)C[C@@H](CC1CCCC1)C(=O)NNc1nc(C)nc(N2CCN3CCOC[C@@H]3C2)c1F. The zero-order valence-corrected chi connectivity index (χ0v) is 22.7. The number of anilines is 2. The molecule has 2 amide bonds. The van der Waals surface area contributed by atoms with E-state index in [0.29, 0.717) is 50.9 Å². The number of carbonyl (C=O) groups is 2. The number of piperazine rings is 1. The Morgan fingerprint density at radius 1 is 1.29 bits per heavy atom. The third-order valence-corrected chi connectivity index (χ3v) is 7.72. The third-order valence-electron chi connectivity index (χ3n) is 7.72. The highest BCUT2D eigenvalue weighted by atomic mass is 19.1. The van der Waals surface area contributed by atoms with E-state index in [4.69, 9.17) is 9.57 Å². The Hall–Kier alpha value is -2.57. The molecule has 12 heteroatoms. The van der Waals surface area contributed by atoms with Gasteiger partial charge in [-0.3, -0.25) is 30.2 Å². The zero-order valence-electron chi connectivity index (χ0n) is 22.7. The van der Waals surface area contributed by atoms with Crippen LogP contribution < -0.4 is 15.8 Å². The standard InChI is InChI=1S/C26H42FN7O4/c1-3-4-12-38-34(18-35)15-21(14-20-7-5-6-8-20)26(36)31-30-24-23(27)25(29-19(2)28-24)33-10-9-32-11-13-37-17-22(32)16-33/h18,20-22H,3-17H2,1-2H3,(H,31,36)(H,28,29,30)/t21-,22+/m1/s1. The molecule has 0 spiro atoms. The number of hydrogen-bond donors (Lipinski definition) is 2. The molecular weight excluding hydrogens is 493 g/mol. The van der Waals surface area contributed by atoms with Gasteiger partial charge in [0, 0.05) is 26.2 Å². The summed E-state index contributed by atoms with van der Waals surface area (Å²) < 4.78 is 21.2. The summed E-state index contributed by atoms with van der Waals surface area (Å²) >= 11 is 0. The molecule has 2 saturated heterocycles. The summed E-state index contributed by atoms with van der Waals surface area (Å²) in [7, 11) is 0. The van der Waals surface area contributed by atoms with E-state index in [9.17, 15) is 9.59 Å². The number of nitrogens with one attached hydrogen (secondary N) is 2. The lowest BCUT2D eigenvalue weighted by Gasteiger charge is -2.44. The number of carbonyl (C=O) groups excluding carboxylic acids is 2. The highest BCUT2D eigenvalue weighted by Gasteiger charge is 2.32. The van der Waals surface area contributed by atoms with Crippen molar-refractivity contribution < 1.29 is 23.6 Å². The molecule has 0 bridgehead atoms. The number of amides is 2. The summed E-state index contributed by atoms with van der Waals surface area (Å²) in [6.45, 7) is 8.61. The first-order chi connectivity index (χ1) is 18.5. The van der Waals surface area contributed by atoms with Gasteiger partial charge in [0.1, 0.15) is 5.82 Å². The second kappa shape index (κ2) is 14.0. The third kappa shape index (κ3) is 7.51. The summed E-state index contributed by atoms with van der Waals surface area (Å²) in [5.74, 6) is -0.463. The van der Waals surface area contributed by atoms with Crippen LogP contribution in [0.1, 0.15) is 57.7 Å². The number of hydrogen-bond acceptors (Lipinski definition) is 9. The van der Waals surface area contributed by atoms with Crippen molar-refractivity contribution in [3.8, 4) is 0 Å². The molecule has 0 unspecified atom stereocenters. The normalized spacial score (nSPS) is 21.1. The maximum atomic E-state index is 15.6. The first kappa shape index (κ1) is 28.4. The van der Waals surface area contributed by atoms with E-state index >= 15 is 4.39 Å². The smallest absolute Gasteiger partial charge is 0.243 e. The van der Waals surface area contributed by atoms with E-state index < -0.39 is 11.7 Å². The van der Waals surface area contributed by atoms with E-state index in [1.165, 1.54) is 5.06 Å². The van der Waals surface area contributed by atoms with Gasteiger partial charge in [0.05, 0.1) is 38.3 Å². The predicted octanol–water partition coefficient (Wildman–Crippen LogP) is 2.27. The highest BCUT2D eigenvalue weighted by molar-refractivity contribution is 5.80. The number of aryl methyl sites for hydroxylation is 1. The fourth-order valence-corrected chi connectivity index (χ4v) is 5.58. The molecule has 1 aromatic heterocycles. The number of aromatic nitrogens is 2. The van der Waals surface area contributed by atoms with Crippen LogP contribution in [-0.4, -0.2) is 90.8 Å². The molecule has 1 aliphatic carbocycles. The molecule has 2 aliphatic heterocycles. The van der Waals surface area contributed by atoms with Crippen LogP contribution in [0.2, 0.25) is 0 Å². The average molecular weight is 536 g/mol. The number of hydroxylamine groups is 2. The summed E-state index contributed by atoms with van der Waals surface area (Å²) in [6, 6.07) is 0.194. The molecule has 212 valence electrons. The summed E-state index contributed by atoms with van der Waals surface area (Å²) in [5.41, 5.74) is 5.35. The van der Waals surface area contributed by atoms with E-state index in [1.807, 2.05) is 11.8 Å². The van der Waals surface area contributed by atoms with Gasteiger partial charge in [-0.2, -0.15) is 4.39 Å². The van der Waals surface area contributed by atoms with Crippen LogP contribution in [0.5, 0.6) is 0 Å². The molecule has 2 N–H and O–H groups in total. The molecular formula is C26H42FN7O4. The van der Waals surface area contributed by atoms with Gasteiger partial charge >= 0.3 is 0 Å². The maximum Gasteiger partial charge on any atom is 0.243 e. The number of fused-ring (bicyclic) bond motifs is 1. The van der Waals surface area contributed by atoms with Gasteiger partial charge in [-0.15, -0.1) is 0 Å². The number of hydrazine groups is 1. The van der Waals surface area contributed by atoms with Crippen LogP contribution in [0.4, 0.5) is 16.0 Å². The molecule has 1 saturated carbocycles. The van der Waals surface area contributed by atoms with E-state index in [1.54, 1.807) is 6.92 Å². The summed E-state index contributed by atoms with van der Waals surface area (Å²) in [5, 5.41) is 1.21. The van der Waals surface area contributed by atoms with Crippen molar-refractivity contribution >= 4 is 24.0 Å². The molecule has 3 fully saturated rings. The molecule has 2 atom stereocenters. The Morgan fingerprint density at radius 2 is 2.11 bits per heavy atom. The van der Waals surface area contributed by atoms with Crippen molar-refractivity contribution in [3.63, 3.8) is 0 Å². The van der Waals surface area contributed by atoms with E-state index in [2.05, 4.69) is 25.7 Å². The Labute approximate surface area is 224 Å². The quantitative estimate of drug-likeness (QED) is 0.223. The van der Waals surface area contributed by atoms with Crippen molar-refractivity contribution in [2.45, 2.75) is 64.8 Å². The van der Waals surface area contributed by atoms with Crippen LogP contribution in [0.3, 0.4) is 0 Å². The number of halogens is 1. The number of rotatable bonds is 13. The number of unbranched alkanes of at least 4 members (excludes halogenated alkanes) is 1. The molecule has 1 aromatic rings. The largest absolute Gasteiger partial charge is 0.378 e. The Morgan fingerprint density at radius 3 is 2.87 bits per heavy atom. The van der Waals surface area contributed by atoms with Gasteiger partial charge in [0.2, 0.25) is 18.1 Å². The number of morpholine rings is 1. The highest BCUT2D eigenvalue weighted by Crippen LogP contribution is 2.31. The minimum Gasteiger partial charge on any atom is -0.378 e. The molecule has 38 heavy (non-hydrogen) atoms. The van der Waals surface area contributed by atoms with Crippen LogP contribution in [-0.2, 0) is 19.2 Å². The first-order valence-electron chi connectivity index (χ1n) is 14.0. The number of nitrogens with zero attached hydrogens (tertiary/aromatic N) is 5. The van der Waals surface area contributed by atoms with Gasteiger partial charge in [0.25, 0.3) is 0 Å². The summed E-state index contributed by atoms with van der Waals surface area (Å²) in [6.07, 6.45) is 7.46. The van der Waals surface area contributed by atoms with Gasteiger partial charge in [-0.05, 0) is 25.7 Å². The second-order valence-electron chi connectivity index (χ2n) is 10.6. The molecule has 0 radical (unpaired) electrons. The Bertz CT molecular complexity index is 933. The van der Waals surface area contributed by atoms with E-state index in [-0.39, 0.29) is 30.1 Å². The molecule has 4 rings (SSSR count). The van der Waals surface area contributed by atoms with Crippen LogP contribution >= 0.6 is 0 Å². The zero-order chi connectivity index (χ0) is 26.9. The van der Waals surface area contributed by atoms with Crippen molar-refractivity contribution in [1.29, 1.82) is 0 Å². The fraction of sp³-hybridized carbons (Fsp3) is 0.769. The monoisotopic (exact) mass is 535 g/mol. The lowest BCUT2D eigenvalue weighted by molar-refractivity contribution is -0.177. The van der Waals surface area contributed by atoms with Crippen molar-refractivity contribution in [1.82, 2.24) is 25.4 Å². The van der Waals surface area contributed by atoms with Crippen molar-refractivity contribution in [2.24, 2.45) is 11.8 Å². The average Bonchev–Trinajstić information content (AvgIpc) is 3.45. The van der Waals surface area contributed by atoms with Crippen LogP contribution in [0.25, 0.3) is 0 Å². The molecule has 3 aliphatic rings. The molecule has 11 nitrogen and oxygen atoms in total. The van der Waals surface area contributed by atoms with Gasteiger partial charge in [0.15, 0.2) is 11.6 Å². The topological polar surface area (TPSA) is 112 Å². The minimum absolute atomic E-state index is 0.0748. The number of ether oxygens (including phenoxy) is 1. The predicted molar refractivity (Wildman–Crippen MR) is 141 cm³/mol. The minimum atomic E-state index is -0.606. The van der Waals surface area contributed by atoms with Gasteiger partial charge in [-0.1, -0.05) is 39.0 Å². The molecule has 3 heterocycles. The van der Waals surface area contributed by atoms with Crippen molar-refractivity contribution in [2.75, 3.05) is 62.9 Å². The van der Waals surface area contributed by atoms with Gasteiger partial charge < -0.3 is 9.64 Å². The van der Waals surface area contributed by atoms with Gasteiger partial charge in [-0.25, -0.2) is 15.0 Å². The van der Waals surface area contributed by atoms with Crippen LogP contribution in [0, 0.1) is 24.6 Å². The first-order valence-corrected chi connectivity index (χ1v) is 14.0. The fourth-order valence-electron chi connectivity index (χ4n) is 5.58. The Balaban J connectivity index is 1.41. The molecule has 0 aromatic carbocycles. The lowest BCUT2D eigenvalue weighted by atomic mass is 9.92. The lowest BCUT2D eigenvalue weighted by Crippen LogP contribution is -2.58. The maximum absolute atomic E-state index is 15.6. The van der Waals surface area contributed by atoms with Crippen LogP contribution in [0.15, 0.2) is 0 Å².